The fourth-order valence-electron chi connectivity index (χ4n) is 6.81. The van der Waals surface area contributed by atoms with E-state index in [4.69, 9.17) is 9.78 Å². The van der Waals surface area contributed by atoms with Gasteiger partial charge in [-0.3, -0.25) is 20.1 Å². The van der Waals surface area contributed by atoms with E-state index in [0.29, 0.717) is 33.5 Å². The molecule has 7 heteroatoms. The van der Waals surface area contributed by atoms with Crippen LogP contribution in [0.4, 0.5) is 5.69 Å². The predicted molar refractivity (Wildman–Crippen MR) is 171 cm³/mol. The van der Waals surface area contributed by atoms with E-state index in [1.807, 2.05) is 24.3 Å². The van der Waals surface area contributed by atoms with Crippen LogP contribution in [-0.2, 0) is 25.8 Å². The van der Waals surface area contributed by atoms with E-state index < -0.39 is 28.3 Å². The van der Waals surface area contributed by atoms with Crippen LogP contribution in [0, 0.1) is 5.41 Å². The number of carbonyl (C=O) groups is 2. The molecule has 1 aliphatic heterocycles. The van der Waals surface area contributed by atoms with Crippen LogP contribution in [0.1, 0.15) is 45.5 Å². The van der Waals surface area contributed by atoms with Gasteiger partial charge in [0.25, 0.3) is 0 Å². The van der Waals surface area contributed by atoms with Crippen molar-refractivity contribution >= 4 is 17.4 Å². The van der Waals surface area contributed by atoms with Crippen molar-refractivity contribution in [2.45, 2.75) is 24.0 Å². The second kappa shape index (κ2) is 12.2. The van der Waals surface area contributed by atoms with Crippen molar-refractivity contribution in [3.63, 3.8) is 0 Å². The Hall–Kier alpha value is -4.92. The summed E-state index contributed by atoms with van der Waals surface area (Å²) in [6.45, 7) is 0. The molecule has 0 spiro atoms. The topological polar surface area (TPSA) is 96.3 Å². The monoisotopic (exact) mass is 599 g/mol. The molecule has 6 rings (SSSR count). The zero-order valence-corrected chi connectivity index (χ0v) is 24.7. The van der Waals surface area contributed by atoms with Gasteiger partial charge in [0.2, 0.25) is 5.91 Å². The van der Waals surface area contributed by atoms with Gasteiger partial charge >= 0.3 is 0 Å². The summed E-state index contributed by atoms with van der Waals surface area (Å²) in [5, 5.41) is 21.9. The van der Waals surface area contributed by atoms with E-state index in [1.54, 1.807) is 128 Å². The van der Waals surface area contributed by atoms with Crippen LogP contribution >= 0.6 is 0 Å². The Labute approximate surface area is 261 Å². The maximum Gasteiger partial charge on any atom is 0.241 e. The van der Waals surface area contributed by atoms with Gasteiger partial charge in [-0.2, -0.15) is 0 Å². The van der Waals surface area contributed by atoms with Crippen LogP contribution < -0.4 is 4.90 Å². The summed E-state index contributed by atoms with van der Waals surface area (Å²) >= 11 is 0. The minimum absolute atomic E-state index is 0.314. The van der Waals surface area contributed by atoms with E-state index in [2.05, 4.69) is 0 Å². The van der Waals surface area contributed by atoms with Gasteiger partial charge in [-0.1, -0.05) is 133 Å². The number of rotatable bonds is 10. The molecule has 7 nitrogen and oxygen atoms in total. The highest BCUT2D eigenvalue weighted by Gasteiger charge is 2.61. The number of nitrogens with zero attached hydrogens (tertiary/aromatic N) is 1. The van der Waals surface area contributed by atoms with Gasteiger partial charge in [-0.05, 0) is 34.4 Å². The first-order chi connectivity index (χ1) is 21.9. The number of ketones is 1. The van der Waals surface area contributed by atoms with Gasteiger partial charge in [-0.15, -0.1) is 0 Å². The van der Waals surface area contributed by atoms with Gasteiger partial charge in [-0.25, -0.2) is 9.78 Å². The molecule has 0 fully saturated rings. The number of benzene rings is 5. The van der Waals surface area contributed by atoms with Crippen molar-refractivity contribution in [2.24, 2.45) is 5.41 Å². The SMILES string of the molecule is CN1C(=O)C(CC(OO)(c2ccccc2)c2ccccc2)(CC(OO)(c2ccccc2)c2ccccc2)C(=O)c2ccccc21. The van der Waals surface area contributed by atoms with Crippen molar-refractivity contribution in [3.05, 3.63) is 173 Å². The van der Waals surface area contributed by atoms with E-state index >= 15 is 4.79 Å². The van der Waals surface area contributed by atoms with E-state index in [1.165, 1.54) is 4.90 Å². The average Bonchev–Trinajstić information content (AvgIpc) is 3.12. The Bertz CT molecular complexity index is 1610. The van der Waals surface area contributed by atoms with Crippen molar-refractivity contribution in [3.8, 4) is 0 Å². The summed E-state index contributed by atoms with van der Waals surface area (Å²) in [6.07, 6.45) is -0.628. The number of amides is 1. The molecular weight excluding hydrogens is 566 g/mol. The molecule has 0 atom stereocenters. The highest BCUT2D eigenvalue weighted by atomic mass is 17.1. The Morgan fingerprint density at radius 3 is 1.24 bits per heavy atom. The van der Waals surface area contributed by atoms with Crippen LogP contribution in [0.15, 0.2) is 146 Å². The van der Waals surface area contributed by atoms with Crippen molar-refractivity contribution < 1.29 is 29.9 Å². The fourth-order valence-corrected chi connectivity index (χ4v) is 6.81. The molecule has 0 bridgehead atoms. The molecule has 0 radical (unpaired) electrons. The second-order valence-corrected chi connectivity index (χ2v) is 11.4. The summed E-state index contributed by atoms with van der Waals surface area (Å²) in [6, 6.07) is 43.0. The van der Waals surface area contributed by atoms with Crippen molar-refractivity contribution in [1.82, 2.24) is 0 Å². The molecule has 2 N–H and O–H groups in total. The van der Waals surface area contributed by atoms with Gasteiger partial charge in [0, 0.05) is 25.5 Å². The van der Waals surface area contributed by atoms with Gasteiger partial charge in [0.15, 0.2) is 17.0 Å². The number of Topliss-reactive ketones (excluding diaryl/α,β-unsaturated/α-hetero) is 1. The number of para-hydroxylation sites is 1. The summed E-state index contributed by atoms with van der Waals surface area (Å²) < 4.78 is 0. The lowest BCUT2D eigenvalue weighted by molar-refractivity contribution is -0.331. The number of fused-ring (bicyclic) bond motifs is 1. The molecule has 1 heterocycles. The summed E-state index contributed by atoms with van der Waals surface area (Å²) in [7, 11) is 1.63. The number of hydrogen-bond acceptors (Lipinski definition) is 6. The van der Waals surface area contributed by atoms with Gasteiger partial charge < -0.3 is 4.90 Å². The van der Waals surface area contributed by atoms with Crippen molar-refractivity contribution in [1.29, 1.82) is 0 Å². The van der Waals surface area contributed by atoms with Crippen LogP contribution in [0.3, 0.4) is 0 Å². The standard InChI is InChI=1S/C38H33NO6/c1-39-33-25-15-14-24-32(33)34(40)36(35(39)41,26-37(44-42,28-16-6-2-7-17-28)29-18-8-3-9-19-29)27-38(45-43,30-20-10-4-11-21-30)31-22-12-5-13-23-31/h2-25,42-43H,26-27H2,1H3. The van der Waals surface area contributed by atoms with E-state index in [-0.39, 0.29) is 12.8 Å². The Morgan fingerprint density at radius 2 is 0.889 bits per heavy atom. The van der Waals surface area contributed by atoms with Gasteiger partial charge in [0.1, 0.15) is 5.41 Å². The predicted octanol–water partition coefficient (Wildman–Crippen LogP) is 7.48. The summed E-state index contributed by atoms with van der Waals surface area (Å²) in [4.78, 5) is 42.5. The van der Waals surface area contributed by atoms with Crippen LogP contribution in [0.2, 0.25) is 0 Å². The van der Waals surface area contributed by atoms with Crippen molar-refractivity contribution in [2.75, 3.05) is 11.9 Å². The summed E-state index contributed by atoms with van der Waals surface area (Å²) in [5.41, 5.74) is -2.32. The summed E-state index contributed by atoms with van der Waals surface area (Å²) in [5.74, 6) is -0.990. The number of hydrogen-bond donors (Lipinski definition) is 2. The molecule has 0 aliphatic carbocycles. The lowest BCUT2D eigenvalue weighted by atomic mass is 9.60. The molecule has 0 unspecified atom stereocenters. The third kappa shape index (κ3) is 4.96. The number of carbonyl (C=O) groups excluding carboxylic acids is 2. The minimum Gasteiger partial charge on any atom is -0.314 e. The maximum absolute atomic E-state index is 15.1. The Balaban J connectivity index is 1.67. The quantitative estimate of drug-likeness (QED) is 0.0982. The fraction of sp³-hybridized carbons (Fsp3) is 0.158. The van der Waals surface area contributed by atoms with Crippen LogP contribution in [0.25, 0.3) is 0 Å². The zero-order chi connectivity index (χ0) is 31.5. The Kier molecular flexibility index (Phi) is 8.18. The highest BCUT2D eigenvalue weighted by Crippen LogP contribution is 2.54. The Morgan fingerprint density at radius 1 is 0.556 bits per heavy atom. The molecule has 1 amide bonds. The average molecular weight is 600 g/mol. The molecule has 45 heavy (non-hydrogen) atoms. The largest absolute Gasteiger partial charge is 0.314 e. The lowest BCUT2D eigenvalue weighted by Crippen LogP contribution is -2.58. The molecule has 0 saturated heterocycles. The smallest absolute Gasteiger partial charge is 0.241 e. The van der Waals surface area contributed by atoms with Gasteiger partial charge in [0.05, 0.1) is 5.69 Å². The normalized spacial score (nSPS) is 14.7. The molecule has 0 aromatic heterocycles. The lowest BCUT2D eigenvalue weighted by Gasteiger charge is -2.48. The third-order valence-corrected chi connectivity index (χ3v) is 9.03. The number of anilines is 1. The molecule has 226 valence electrons. The molecular formula is C38H33NO6. The first-order valence-electron chi connectivity index (χ1n) is 14.7. The van der Waals surface area contributed by atoms with Crippen LogP contribution in [0.5, 0.6) is 0 Å². The first kappa shape index (κ1) is 30.1. The molecule has 5 aromatic carbocycles. The third-order valence-electron chi connectivity index (χ3n) is 9.03. The molecule has 5 aromatic rings. The first-order valence-corrected chi connectivity index (χ1v) is 14.7. The van der Waals surface area contributed by atoms with E-state index in [9.17, 15) is 15.3 Å². The van der Waals surface area contributed by atoms with Crippen LogP contribution in [-0.4, -0.2) is 29.3 Å². The second-order valence-electron chi connectivity index (χ2n) is 11.4. The molecule has 0 saturated carbocycles. The molecule has 1 aliphatic rings. The zero-order valence-electron chi connectivity index (χ0n) is 24.7. The highest BCUT2D eigenvalue weighted by molar-refractivity contribution is 6.24. The minimum atomic E-state index is -1.92. The van der Waals surface area contributed by atoms with E-state index in [0.717, 1.165) is 0 Å². The maximum atomic E-state index is 15.1.